The van der Waals surface area contributed by atoms with Gasteiger partial charge in [0.2, 0.25) is 0 Å². The molecule has 0 saturated carbocycles. The lowest BCUT2D eigenvalue weighted by Crippen LogP contribution is -2.12. The Morgan fingerprint density at radius 2 is 1.94 bits per heavy atom. The van der Waals surface area contributed by atoms with Gasteiger partial charge in [-0.25, -0.2) is 0 Å². The summed E-state index contributed by atoms with van der Waals surface area (Å²) in [7, 11) is 0. The van der Waals surface area contributed by atoms with E-state index in [0.29, 0.717) is 6.42 Å². The van der Waals surface area contributed by atoms with Crippen LogP contribution >= 0.6 is 0 Å². The van der Waals surface area contributed by atoms with E-state index in [0.717, 1.165) is 22.3 Å². The monoisotopic (exact) mass is 227 g/mol. The van der Waals surface area contributed by atoms with Crippen LogP contribution in [0, 0.1) is 0 Å². The molecule has 0 saturated heterocycles. The van der Waals surface area contributed by atoms with Crippen molar-refractivity contribution in [3.63, 3.8) is 0 Å². The van der Waals surface area contributed by atoms with Crippen molar-refractivity contribution in [2.45, 2.75) is 12.5 Å². The van der Waals surface area contributed by atoms with Crippen LogP contribution < -0.4 is 5.73 Å². The van der Waals surface area contributed by atoms with Crippen molar-refractivity contribution >= 4 is 11.0 Å². The van der Waals surface area contributed by atoms with Gasteiger partial charge < -0.3 is 14.6 Å². The van der Waals surface area contributed by atoms with Gasteiger partial charge in [0.05, 0.1) is 12.5 Å². The van der Waals surface area contributed by atoms with Gasteiger partial charge in [0.25, 0.3) is 0 Å². The molecule has 0 radical (unpaired) electrons. The Morgan fingerprint density at radius 1 is 1.06 bits per heavy atom. The average molecular weight is 227 g/mol. The molecule has 0 bridgehead atoms. The van der Waals surface area contributed by atoms with E-state index in [-0.39, 0.29) is 6.04 Å². The molecule has 0 fully saturated rings. The molecule has 3 rings (SSSR count). The van der Waals surface area contributed by atoms with Crippen LogP contribution in [0.3, 0.4) is 0 Å². The van der Waals surface area contributed by atoms with E-state index >= 15 is 0 Å². The third kappa shape index (κ3) is 1.85. The molecule has 1 atom stereocenters. The van der Waals surface area contributed by atoms with Crippen molar-refractivity contribution < 1.29 is 8.83 Å². The van der Waals surface area contributed by atoms with Crippen LogP contribution in [0.4, 0.5) is 0 Å². The van der Waals surface area contributed by atoms with Crippen LogP contribution in [0.25, 0.3) is 11.0 Å². The highest BCUT2D eigenvalue weighted by molar-refractivity contribution is 5.81. The summed E-state index contributed by atoms with van der Waals surface area (Å²) in [6.45, 7) is 0. The van der Waals surface area contributed by atoms with Crippen LogP contribution in [-0.4, -0.2) is 0 Å². The molecule has 17 heavy (non-hydrogen) atoms. The van der Waals surface area contributed by atoms with Gasteiger partial charge >= 0.3 is 0 Å². The van der Waals surface area contributed by atoms with E-state index in [1.165, 1.54) is 0 Å². The van der Waals surface area contributed by atoms with Gasteiger partial charge in [-0.1, -0.05) is 18.2 Å². The fourth-order valence-corrected chi connectivity index (χ4v) is 2.04. The zero-order valence-electron chi connectivity index (χ0n) is 9.30. The molecule has 2 aromatic heterocycles. The number of hydrogen-bond donors (Lipinski definition) is 1. The first-order valence-electron chi connectivity index (χ1n) is 5.58. The van der Waals surface area contributed by atoms with E-state index in [1.54, 1.807) is 12.5 Å². The lowest BCUT2D eigenvalue weighted by atomic mass is 10.0. The van der Waals surface area contributed by atoms with Crippen molar-refractivity contribution in [2.75, 3.05) is 0 Å². The van der Waals surface area contributed by atoms with E-state index < -0.39 is 0 Å². The standard InChI is InChI=1S/C14H13NO2/c15-13(8-10-4-3-7-16-10)12-9-17-14-6-2-1-5-11(12)14/h1-7,9,13H,8,15H2. The molecule has 0 aliphatic heterocycles. The molecule has 1 aromatic carbocycles. The number of hydrogen-bond acceptors (Lipinski definition) is 3. The minimum atomic E-state index is -0.107. The van der Waals surface area contributed by atoms with Gasteiger partial charge in [-0.2, -0.15) is 0 Å². The number of para-hydroxylation sites is 1. The molecule has 3 nitrogen and oxygen atoms in total. The van der Waals surface area contributed by atoms with Crippen molar-refractivity contribution in [2.24, 2.45) is 5.73 Å². The fourth-order valence-electron chi connectivity index (χ4n) is 2.04. The summed E-state index contributed by atoms with van der Waals surface area (Å²) < 4.78 is 10.8. The highest BCUT2D eigenvalue weighted by Gasteiger charge is 2.14. The smallest absolute Gasteiger partial charge is 0.134 e. The normalized spacial score (nSPS) is 13.0. The van der Waals surface area contributed by atoms with Gasteiger partial charge in [-0.3, -0.25) is 0 Å². The second-order valence-electron chi connectivity index (χ2n) is 4.08. The second-order valence-corrected chi connectivity index (χ2v) is 4.08. The second kappa shape index (κ2) is 4.11. The summed E-state index contributed by atoms with van der Waals surface area (Å²) in [6, 6.07) is 11.6. The summed E-state index contributed by atoms with van der Waals surface area (Å²) in [5, 5.41) is 1.08. The highest BCUT2D eigenvalue weighted by Crippen LogP contribution is 2.27. The summed E-state index contributed by atoms with van der Waals surface area (Å²) in [5.41, 5.74) is 8.07. The van der Waals surface area contributed by atoms with Gasteiger partial charge in [0, 0.05) is 23.4 Å². The Kier molecular flexibility index (Phi) is 2.46. The summed E-state index contributed by atoms with van der Waals surface area (Å²) in [4.78, 5) is 0. The zero-order valence-corrected chi connectivity index (χ0v) is 9.30. The van der Waals surface area contributed by atoms with Crippen LogP contribution in [-0.2, 0) is 6.42 Å². The number of furan rings is 2. The molecular formula is C14H13NO2. The minimum Gasteiger partial charge on any atom is -0.469 e. The predicted molar refractivity (Wildman–Crippen MR) is 65.6 cm³/mol. The van der Waals surface area contributed by atoms with Gasteiger partial charge in [-0.15, -0.1) is 0 Å². The maximum absolute atomic E-state index is 6.18. The Balaban J connectivity index is 1.93. The maximum atomic E-state index is 6.18. The molecule has 0 aliphatic rings. The first-order chi connectivity index (χ1) is 8.34. The van der Waals surface area contributed by atoms with Gasteiger partial charge in [-0.05, 0) is 18.2 Å². The topological polar surface area (TPSA) is 52.3 Å². The molecule has 0 amide bonds. The van der Waals surface area contributed by atoms with E-state index in [4.69, 9.17) is 14.6 Å². The molecule has 0 aliphatic carbocycles. The molecule has 3 heteroatoms. The number of nitrogens with two attached hydrogens (primary N) is 1. The predicted octanol–water partition coefficient (Wildman–Crippen LogP) is 3.27. The van der Waals surface area contributed by atoms with Crippen molar-refractivity contribution in [1.82, 2.24) is 0 Å². The molecule has 0 spiro atoms. The van der Waals surface area contributed by atoms with Crippen molar-refractivity contribution in [1.29, 1.82) is 0 Å². The van der Waals surface area contributed by atoms with Crippen LogP contribution in [0.2, 0.25) is 0 Å². The van der Waals surface area contributed by atoms with Crippen LogP contribution in [0.15, 0.2) is 57.8 Å². The SMILES string of the molecule is NC(Cc1ccco1)c1coc2ccccc12. The molecule has 3 aromatic rings. The van der Waals surface area contributed by atoms with Gasteiger partial charge in [0.1, 0.15) is 11.3 Å². The third-order valence-electron chi connectivity index (χ3n) is 2.91. The fraction of sp³-hybridized carbons (Fsp3) is 0.143. The van der Waals surface area contributed by atoms with E-state index in [9.17, 15) is 0 Å². The summed E-state index contributed by atoms with van der Waals surface area (Å²) >= 11 is 0. The van der Waals surface area contributed by atoms with Gasteiger partial charge in [0.15, 0.2) is 0 Å². The van der Waals surface area contributed by atoms with Crippen molar-refractivity contribution in [3.8, 4) is 0 Å². The molecule has 2 N–H and O–H groups in total. The number of fused-ring (bicyclic) bond motifs is 1. The zero-order chi connectivity index (χ0) is 11.7. The van der Waals surface area contributed by atoms with Crippen LogP contribution in [0.5, 0.6) is 0 Å². The van der Waals surface area contributed by atoms with Crippen LogP contribution in [0.1, 0.15) is 17.4 Å². The Morgan fingerprint density at radius 3 is 2.76 bits per heavy atom. The first kappa shape index (κ1) is 10.2. The number of benzene rings is 1. The maximum Gasteiger partial charge on any atom is 0.134 e. The van der Waals surface area contributed by atoms with Crippen molar-refractivity contribution in [3.05, 3.63) is 60.2 Å². The third-order valence-corrected chi connectivity index (χ3v) is 2.91. The minimum absolute atomic E-state index is 0.107. The Labute approximate surface area is 98.8 Å². The summed E-state index contributed by atoms with van der Waals surface area (Å²) in [6.07, 6.45) is 4.07. The highest BCUT2D eigenvalue weighted by atomic mass is 16.3. The Bertz CT molecular complexity index is 610. The van der Waals surface area contributed by atoms with E-state index in [1.807, 2.05) is 36.4 Å². The molecule has 86 valence electrons. The Hall–Kier alpha value is -2.00. The lowest BCUT2D eigenvalue weighted by molar-refractivity contribution is 0.487. The molecule has 2 heterocycles. The molecule has 1 unspecified atom stereocenters. The van der Waals surface area contributed by atoms with E-state index in [2.05, 4.69) is 0 Å². The first-order valence-corrected chi connectivity index (χ1v) is 5.58. The largest absolute Gasteiger partial charge is 0.469 e. The number of rotatable bonds is 3. The summed E-state index contributed by atoms with van der Waals surface area (Å²) in [5.74, 6) is 0.891. The quantitative estimate of drug-likeness (QED) is 0.747. The lowest BCUT2D eigenvalue weighted by Gasteiger charge is -2.07. The molecular weight excluding hydrogens is 214 g/mol. The average Bonchev–Trinajstić information content (AvgIpc) is 2.96.